The normalized spacial score (nSPS) is 21.1. The molecule has 1 aliphatic rings. The molecule has 0 bridgehead atoms. The quantitative estimate of drug-likeness (QED) is 0.916. The van der Waals surface area contributed by atoms with Crippen molar-refractivity contribution in [3.8, 4) is 5.69 Å². The molecule has 2 unspecified atom stereocenters. The van der Waals surface area contributed by atoms with Crippen molar-refractivity contribution in [1.29, 1.82) is 0 Å². The van der Waals surface area contributed by atoms with Crippen LogP contribution >= 0.6 is 0 Å². The third-order valence-electron chi connectivity index (χ3n) is 4.45. The van der Waals surface area contributed by atoms with Gasteiger partial charge in [-0.3, -0.25) is 4.79 Å². The third kappa shape index (κ3) is 3.03. The summed E-state index contributed by atoms with van der Waals surface area (Å²) in [6, 6.07) is 4.77. The summed E-state index contributed by atoms with van der Waals surface area (Å²) in [5, 5.41) is 14.1. The van der Waals surface area contributed by atoms with Crippen molar-refractivity contribution >= 4 is 5.91 Å². The number of likely N-dealkylation sites (tertiary alicyclic amines) is 1. The van der Waals surface area contributed by atoms with Gasteiger partial charge in [0.15, 0.2) is 11.5 Å². The van der Waals surface area contributed by atoms with Gasteiger partial charge >= 0.3 is 0 Å². The van der Waals surface area contributed by atoms with E-state index >= 15 is 0 Å². The number of piperidine rings is 1. The van der Waals surface area contributed by atoms with E-state index in [1.54, 1.807) is 17.9 Å². The van der Waals surface area contributed by atoms with E-state index in [9.17, 15) is 18.7 Å². The van der Waals surface area contributed by atoms with Crippen LogP contribution in [0.4, 0.5) is 8.78 Å². The number of benzene rings is 1. The van der Waals surface area contributed by atoms with Crippen molar-refractivity contribution in [2.75, 3.05) is 13.1 Å². The maximum Gasteiger partial charge on any atom is 0.274 e. The van der Waals surface area contributed by atoms with Crippen molar-refractivity contribution in [3.05, 3.63) is 47.3 Å². The van der Waals surface area contributed by atoms with Gasteiger partial charge in [-0.05, 0) is 37.5 Å². The first-order valence-electron chi connectivity index (χ1n) is 7.86. The minimum atomic E-state index is -0.748. The van der Waals surface area contributed by atoms with Gasteiger partial charge < -0.3 is 10.0 Å². The highest BCUT2D eigenvalue weighted by molar-refractivity contribution is 5.92. The predicted molar refractivity (Wildman–Crippen MR) is 83.9 cm³/mol. The van der Waals surface area contributed by atoms with Crippen molar-refractivity contribution in [2.45, 2.75) is 26.4 Å². The molecule has 0 spiro atoms. The number of aryl methyl sites for hydroxylation is 1. The third-order valence-corrected chi connectivity index (χ3v) is 4.45. The largest absolute Gasteiger partial charge is 0.391 e. The van der Waals surface area contributed by atoms with Gasteiger partial charge in [-0.2, -0.15) is 5.10 Å². The molecule has 5 nitrogen and oxygen atoms in total. The van der Waals surface area contributed by atoms with Gasteiger partial charge in [-0.1, -0.05) is 6.92 Å². The van der Waals surface area contributed by atoms with Gasteiger partial charge in [0.05, 0.1) is 6.10 Å². The van der Waals surface area contributed by atoms with Crippen molar-refractivity contribution in [2.24, 2.45) is 5.92 Å². The molecule has 7 heteroatoms. The van der Waals surface area contributed by atoms with Crippen LogP contribution in [-0.2, 0) is 0 Å². The number of aliphatic hydroxyl groups excluding tert-OH is 1. The topological polar surface area (TPSA) is 58.4 Å². The van der Waals surface area contributed by atoms with Gasteiger partial charge in [-0.15, -0.1) is 0 Å². The van der Waals surface area contributed by atoms with Crippen LogP contribution in [-0.4, -0.2) is 44.9 Å². The number of carbonyl (C=O) groups excluding carboxylic acids is 1. The Labute approximate surface area is 138 Å². The smallest absolute Gasteiger partial charge is 0.274 e. The monoisotopic (exact) mass is 335 g/mol. The zero-order valence-corrected chi connectivity index (χ0v) is 13.5. The summed E-state index contributed by atoms with van der Waals surface area (Å²) in [4.78, 5) is 14.1. The van der Waals surface area contributed by atoms with Crippen molar-refractivity contribution in [1.82, 2.24) is 14.7 Å². The van der Waals surface area contributed by atoms with Crippen LogP contribution in [0.1, 0.15) is 29.5 Å². The molecule has 0 aliphatic carbocycles. The number of aliphatic hydroxyl groups is 1. The van der Waals surface area contributed by atoms with Crippen LogP contribution in [0.2, 0.25) is 0 Å². The fourth-order valence-electron chi connectivity index (χ4n) is 2.87. The highest BCUT2D eigenvalue weighted by atomic mass is 19.1. The molecule has 1 aliphatic heterocycles. The van der Waals surface area contributed by atoms with Gasteiger partial charge in [0.25, 0.3) is 5.91 Å². The Kier molecular flexibility index (Phi) is 4.36. The van der Waals surface area contributed by atoms with E-state index < -0.39 is 17.7 Å². The van der Waals surface area contributed by atoms with Gasteiger partial charge in [0.2, 0.25) is 0 Å². The molecule has 1 fully saturated rings. The van der Waals surface area contributed by atoms with Crippen LogP contribution in [0.5, 0.6) is 0 Å². The van der Waals surface area contributed by atoms with Crippen LogP contribution in [0, 0.1) is 24.5 Å². The van der Waals surface area contributed by atoms with E-state index in [1.165, 1.54) is 10.7 Å². The molecule has 1 N–H and O–H groups in total. The molecule has 0 radical (unpaired) electrons. The first-order chi connectivity index (χ1) is 11.4. The maximum absolute atomic E-state index is 13.9. The summed E-state index contributed by atoms with van der Waals surface area (Å²) in [6.07, 6.45) is 0.166. The van der Waals surface area contributed by atoms with Crippen molar-refractivity contribution in [3.63, 3.8) is 0 Å². The molecule has 2 atom stereocenters. The Balaban J connectivity index is 1.87. The molecule has 1 saturated heterocycles. The standard InChI is InChI=1S/C17H19F2N3O2/c1-10-5-6-21(9-16(10)23)17(24)14-7-11(2)22(20-14)15-4-3-12(18)8-13(15)19/h3-4,7-8,10,16,23H,5-6,9H2,1-2H3. The fraction of sp³-hybridized carbons (Fsp3) is 0.412. The average molecular weight is 335 g/mol. The number of β-amino-alcohol motifs (C(OH)–C–C–N with tert-alkyl or cyclic N) is 1. The molecule has 1 amide bonds. The Hall–Kier alpha value is -2.28. The second-order valence-electron chi connectivity index (χ2n) is 6.26. The number of aromatic nitrogens is 2. The Morgan fingerprint density at radius 1 is 1.33 bits per heavy atom. The van der Waals surface area contributed by atoms with E-state index in [0.717, 1.165) is 18.6 Å². The minimum Gasteiger partial charge on any atom is -0.391 e. The second kappa shape index (κ2) is 6.32. The highest BCUT2D eigenvalue weighted by Gasteiger charge is 2.29. The molecule has 0 saturated carbocycles. The van der Waals surface area contributed by atoms with E-state index in [0.29, 0.717) is 12.2 Å². The van der Waals surface area contributed by atoms with E-state index in [-0.39, 0.29) is 29.8 Å². The lowest BCUT2D eigenvalue weighted by molar-refractivity contribution is 0.0245. The van der Waals surface area contributed by atoms with E-state index in [4.69, 9.17) is 0 Å². The number of rotatable bonds is 2. The van der Waals surface area contributed by atoms with Gasteiger partial charge in [0.1, 0.15) is 11.5 Å². The molecule has 1 aromatic carbocycles. The van der Waals surface area contributed by atoms with Crippen LogP contribution in [0.15, 0.2) is 24.3 Å². The Morgan fingerprint density at radius 2 is 2.08 bits per heavy atom. The number of amides is 1. The summed E-state index contributed by atoms with van der Waals surface area (Å²) in [5.74, 6) is -1.57. The van der Waals surface area contributed by atoms with E-state index in [1.807, 2.05) is 6.92 Å². The molecule has 3 rings (SSSR count). The summed E-state index contributed by atoms with van der Waals surface area (Å²) >= 11 is 0. The predicted octanol–water partition coefficient (Wildman–Crippen LogP) is 2.30. The molecular weight excluding hydrogens is 316 g/mol. The zero-order chi connectivity index (χ0) is 17.4. The molecule has 24 heavy (non-hydrogen) atoms. The van der Waals surface area contributed by atoms with Crippen LogP contribution < -0.4 is 0 Å². The highest BCUT2D eigenvalue weighted by Crippen LogP contribution is 2.21. The summed E-state index contributed by atoms with van der Waals surface area (Å²) in [5.41, 5.74) is 0.827. The number of hydrogen-bond acceptors (Lipinski definition) is 3. The van der Waals surface area contributed by atoms with E-state index in [2.05, 4.69) is 5.10 Å². The van der Waals surface area contributed by atoms with Gasteiger partial charge in [-0.25, -0.2) is 13.5 Å². The lowest BCUT2D eigenvalue weighted by Gasteiger charge is -2.33. The molecule has 1 aromatic heterocycles. The molecule has 128 valence electrons. The van der Waals surface area contributed by atoms with Crippen molar-refractivity contribution < 1.29 is 18.7 Å². The lowest BCUT2D eigenvalue weighted by atomic mass is 9.96. The lowest BCUT2D eigenvalue weighted by Crippen LogP contribution is -2.45. The fourth-order valence-corrected chi connectivity index (χ4v) is 2.87. The molecular formula is C17H19F2N3O2. The summed E-state index contributed by atoms with van der Waals surface area (Å²) in [7, 11) is 0. The molecule has 2 heterocycles. The number of carbonyl (C=O) groups is 1. The maximum atomic E-state index is 13.9. The second-order valence-corrected chi connectivity index (χ2v) is 6.26. The number of hydrogen-bond donors (Lipinski definition) is 1. The Bertz CT molecular complexity index is 775. The van der Waals surface area contributed by atoms with Crippen LogP contribution in [0.3, 0.4) is 0 Å². The average Bonchev–Trinajstić information content (AvgIpc) is 2.91. The number of halogens is 2. The Morgan fingerprint density at radius 3 is 2.75 bits per heavy atom. The minimum absolute atomic E-state index is 0.0836. The summed E-state index contributed by atoms with van der Waals surface area (Å²) < 4.78 is 28.3. The first kappa shape index (κ1) is 16.6. The van der Waals surface area contributed by atoms with Gasteiger partial charge in [0, 0.05) is 24.8 Å². The molecule has 2 aromatic rings. The first-order valence-corrected chi connectivity index (χ1v) is 7.86. The van der Waals surface area contributed by atoms with Crippen LogP contribution in [0.25, 0.3) is 5.69 Å². The summed E-state index contributed by atoms with van der Waals surface area (Å²) in [6.45, 7) is 4.45. The SMILES string of the molecule is Cc1cc(C(=O)N2CCC(C)C(O)C2)nn1-c1ccc(F)cc1F. The zero-order valence-electron chi connectivity index (χ0n) is 13.5. The number of nitrogens with zero attached hydrogens (tertiary/aromatic N) is 3.